The number of benzene rings is 3. The number of carbonyl (C=O) groups excluding carboxylic acids is 1. The summed E-state index contributed by atoms with van der Waals surface area (Å²) in [5, 5.41) is 0.163. The number of amides is 1. The Kier molecular flexibility index (Phi) is 6.32. The number of anilines is 2. The van der Waals surface area contributed by atoms with E-state index in [4.69, 9.17) is 0 Å². The van der Waals surface area contributed by atoms with E-state index in [9.17, 15) is 22.0 Å². The Balaban J connectivity index is 1.34. The number of carbonyl (C=O) groups is 1. The number of para-hydroxylation sites is 1. The van der Waals surface area contributed by atoms with Crippen molar-refractivity contribution in [3.8, 4) is 0 Å². The van der Waals surface area contributed by atoms with Gasteiger partial charge in [-0.3, -0.25) is 19.0 Å². The fourth-order valence-corrected chi connectivity index (χ4v) is 7.06. The van der Waals surface area contributed by atoms with Gasteiger partial charge >= 0.3 is 0 Å². The first kappa shape index (κ1) is 25.1. The molecule has 0 spiro atoms. The van der Waals surface area contributed by atoms with E-state index in [2.05, 4.69) is 9.97 Å². The van der Waals surface area contributed by atoms with Gasteiger partial charge in [0.2, 0.25) is 0 Å². The van der Waals surface area contributed by atoms with E-state index < -0.39 is 27.6 Å². The second-order valence-corrected chi connectivity index (χ2v) is 11.8. The average molecular weight is 563 g/mol. The van der Waals surface area contributed by atoms with Crippen LogP contribution in [0.3, 0.4) is 0 Å². The number of sulfonamides is 1. The molecule has 0 radical (unpaired) electrons. The van der Waals surface area contributed by atoms with Gasteiger partial charge in [0, 0.05) is 24.4 Å². The fraction of sp³-hybridized carbons (Fsp3) is 0.107. The minimum Gasteiger partial charge on any atom is -0.278 e. The minimum atomic E-state index is -3.83. The Morgan fingerprint density at radius 3 is 2.54 bits per heavy atom. The van der Waals surface area contributed by atoms with Crippen molar-refractivity contribution in [1.29, 1.82) is 0 Å². The van der Waals surface area contributed by atoms with Crippen LogP contribution in [0.4, 0.5) is 19.6 Å². The van der Waals surface area contributed by atoms with E-state index in [-0.39, 0.29) is 32.4 Å². The number of pyridine rings is 1. The molecule has 2 aromatic heterocycles. The van der Waals surface area contributed by atoms with Crippen molar-refractivity contribution in [1.82, 2.24) is 9.97 Å². The molecule has 0 N–H and O–H groups in total. The number of aromatic nitrogens is 2. The van der Waals surface area contributed by atoms with Crippen LogP contribution in [-0.4, -0.2) is 30.8 Å². The molecular formula is C28H20F2N4O3S2. The van der Waals surface area contributed by atoms with Gasteiger partial charge in [-0.2, -0.15) is 0 Å². The molecule has 39 heavy (non-hydrogen) atoms. The number of hydrogen-bond donors (Lipinski definition) is 0. The Morgan fingerprint density at radius 2 is 1.77 bits per heavy atom. The maximum absolute atomic E-state index is 14.4. The molecule has 196 valence electrons. The van der Waals surface area contributed by atoms with E-state index in [1.807, 2.05) is 12.1 Å². The number of nitrogens with zero attached hydrogens (tertiary/aromatic N) is 4. The van der Waals surface area contributed by atoms with Crippen LogP contribution in [0.2, 0.25) is 0 Å². The van der Waals surface area contributed by atoms with Crippen LogP contribution in [0.1, 0.15) is 21.6 Å². The van der Waals surface area contributed by atoms with Crippen LogP contribution in [0.15, 0.2) is 90.0 Å². The smallest absolute Gasteiger partial charge is 0.264 e. The van der Waals surface area contributed by atoms with E-state index in [0.29, 0.717) is 24.3 Å². The Morgan fingerprint density at radius 1 is 1.00 bits per heavy atom. The minimum absolute atomic E-state index is 0.0220. The van der Waals surface area contributed by atoms with Crippen LogP contribution in [-0.2, 0) is 23.0 Å². The zero-order valence-corrected chi connectivity index (χ0v) is 21.9. The Labute approximate surface area is 227 Å². The zero-order valence-electron chi connectivity index (χ0n) is 20.3. The van der Waals surface area contributed by atoms with E-state index in [1.54, 1.807) is 36.5 Å². The predicted octanol–water partition coefficient (Wildman–Crippen LogP) is 5.57. The molecule has 1 aliphatic rings. The molecule has 1 amide bonds. The highest BCUT2D eigenvalue weighted by Crippen LogP contribution is 2.34. The Bertz CT molecular complexity index is 1810. The van der Waals surface area contributed by atoms with E-state index in [0.717, 1.165) is 23.0 Å². The summed E-state index contributed by atoms with van der Waals surface area (Å²) in [6, 6.07) is 20.2. The van der Waals surface area contributed by atoms with Crippen LogP contribution in [0.5, 0.6) is 0 Å². The van der Waals surface area contributed by atoms with Gasteiger partial charge in [-0.1, -0.05) is 35.6 Å². The summed E-state index contributed by atoms with van der Waals surface area (Å²) in [5.41, 5.74) is 2.34. The number of hydrogen-bond acceptors (Lipinski definition) is 6. The van der Waals surface area contributed by atoms with Gasteiger partial charge in [0.25, 0.3) is 15.9 Å². The van der Waals surface area contributed by atoms with E-state index in [1.165, 1.54) is 39.5 Å². The standard InChI is InChI=1S/C28H20F2N4O3S2/c29-20-15-23(30)26-25(16-20)38-28(32-26)33(17-21-6-3-4-13-31-21)27(35)19-8-10-22(11-9-19)39(36,37)34-14-12-18-5-1-2-7-24(18)34/h1-11,13,15-16H,12,14,17H2. The van der Waals surface area contributed by atoms with Crippen molar-refractivity contribution < 1.29 is 22.0 Å². The molecule has 0 atom stereocenters. The topological polar surface area (TPSA) is 83.5 Å². The fourth-order valence-electron chi connectivity index (χ4n) is 4.55. The number of halogens is 2. The molecule has 0 fully saturated rings. The van der Waals surface area contributed by atoms with Crippen LogP contribution >= 0.6 is 11.3 Å². The highest BCUT2D eigenvalue weighted by atomic mass is 32.2. The molecule has 3 heterocycles. The quantitative estimate of drug-likeness (QED) is 0.270. The van der Waals surface area contributed by atoms with E-state index >= 15 is 0 Å². The summed E-state index contributed by atoms with van der Waals surface area (Å²) >= 11 is 0.977. The van der Waals surface area contributed by atoms with Crippen molar-refractivity contribution in [3.63, 3.8) is 0 Å². The molecule has 6 rings (SSSR count). The SMILES string of the molecule is O=C(c1ccc(S(=O)(=O)N2CCc3ccccc32)cc1)N(Cc1ccccn1)c1nc2c(F)cc(F)cc2s1. The summed E-state index contributed by atoms with van der Waals surface area (Å²) in [6.45, 7) is 0.364. The normalized spacial score (nSPS) is 13.0. The maximum atomic E-state index is 14.4. The second-order valence-electron chi connectivity index (χ2n) is 8.92. The lowest BCUT2D eigenvalue weighted by atomic mass is 10.2. The van der Waals surface area contributed by atoms with Gasteiger partial charge in [-0.05, 0) is 60.5 Å². The molecule has 11 heteroatoms. The molecule has 3 aromatic carbocycles. The third-order valence-electron chi connectivity index (χ3n) is 6.46. The summed E-state index contributed by atoms with van der Waals surface area (Å²) in [5.74, 6) is -2.05. The molecule has 5 aromatic rings. The first-order chi connectivity index (χ1) is 18.8. The molecule has 0 bridgehead atoms. The number of thiazole rings is 1. The number of fused-ring (bicyclic) bond motifs is 2. The van der Waals surface area contributed by atoms with Crippen molar-refractivity contribution >= 4 is 48.3 Å². The van der Waals surface area contributed by atoms with Crippen molar-refractivity contribution in [2.24, 2.45) is 0 Å². The first-order valence-corrected chi connectivity index (χ1v) is 14.2. The van der Waals surface area contributed by atoms with Crippen molar-refractivity contribution in [3.05, 3.63) is 114 Å². The van der Waals surface area contributed by atoms with Crippen molar-refractivity contribution in [2.75, 3.05) is 15.7 Å². The van der Waals surface area contributed by atoms with Gasteiger partial charge in [-0.25, -0.2) is 22.2 Å². The van der Waals surface area contributed by atoms with Gasteiger partial charge in [-0.15, -0.1) is 0 Å². The van der Waals surface area contributed by atoms with Gasteiger partial charge in [0.1, 0.15) is 11.3 Å². The van der Waals surface area contributed by atoms with Crippen LogP contribution in [0.25, 0.3) is 10.2 Å². The lowest BCUT2D eigenvalue weighted by Gasteiger charge is -2.21. The summed E-state index contributed by atoms with van der Waals surface area (Å²) in [4.78, 5) is 23.6. The summed E-state index contributed by atoms with van der Waals surface area (Å²) < 4.78 is 56.6. The van der Waals surface area contributed by atoms with Gasteiger partial charge < -0.3 is 0 Å². The highest BCUT2D eigenvalue weighted by molar-refractivity contribution is 7.92. The predicted molar refractivity (Wildman–Crippen MR) is 145 cm³/mol. The Hall–Kier alpha value is -4.22. The van der Waals surface area contributed by atoms with Crippen LogP contribution < -0.4 is 9.21 Å². The average Bonchev–Trinajstić information content (AvgIpc) is 3.57. The molecular weight excluding hydrogens is 542 g/mol. The van der Waals surface area contributed by atoms with Gasteiger partial charge in [0.05, 0.1) is 27.5 Å². The number of rotatable bonds is 6. The molecule has 0 unspecified atom stereocenters. The molecule has 0 saturated heterocycles. The highest BCUT2D eigenvalue weighted by Gasteiger charge is 2.31. The molecule has 7 nitrogen and oxygen atoms in total. The molecule has 0 saturated carbocycles. The molecule has 1 aliphatic heterocycles. The zero-order chi connectivity index (χ0) is 27.1. The monoisotopic (exact) mass is 562 g/mol. The van der Waals surface area contributed by atoms with Crippen molar-refractivity contribution in [2.45, 2.75) is 17.9 Å². The lowest BCUT2D eigenvalue weighted by Crippen LogP contribution is -2.31. The third kappa shape index (κ3) is 4.64. The maximum Gasteiger partial charge on any atom is 0.264 e. The lowest BCUT2D eigenvalue weighted by molar-refractivity contribution is 0.0984. The summed E-state index contributed by atoms with van der Waals surface area (Å²) in [6.07, 6.45) is 2.21. The van der Waals surface area contributed by atoms with Crippen LogP contribution in [0, 0.1) is 11.6 Å². The van der Waals surface area contributed by atoms with Gasteiger partial charge in [0.15, 0.2) is 10.9 Å². The summed E-state index contributed by atoms with van der Waals surface area (Å²) in [7, 11) is -3.83. The third-order valence-corrected chi connectivity index (χ3v) is 9.31. The largest absolute Gasteiger partial charge is 0.278 e. The second kappa shape index (κ2) is 9.83. The first-order valence-electron chi connectivity index (χ1n) is 12.0. The molecule has 0 aliphatic carbocycles.